The molecule has 0 spiro atoms. The number of hydrogen-bond donors (Lipinski definition) is 1. The minimum atomic E-state index is -0.202. The first-order valence-corrected chi connectivity index (χ1v) is 7.08. The molecule has 0 unspecified atom stereocenters. The van der Waals surface area contributed by atoms with E-state index in [0.29, 0.717) is 43.4 Å². The van der Waals surface area contributed by atoms with Crippen molar-refractivity contribution in [2.24, 2.45) is 0 Å². The molecule has 0 aromatic heterocycles. The van der Waals surface area contributed by atoms with Crippen LogP contribution in [0.5, 0.6) is 11.5 Å². The van der Waals surface area contributed by atoms with E-state index < -0.39 is 0 Å². The fraction of sp³-hybridized carbons (Fsp3) is 0.467. The molecule has 120 valence electrons. The van der Waals surface area contributed by atoms with Gasteiger partial charge in [0.1, 0.15) is 11.5 Å². The lowest BCUT2D eigenvalue weighted by atomic mass is 10.2. The van der Waals surface area contributed by atoms with Crippen molar-refractivity contribution in [1.29, 1.82) is 0 Å². The molecule has 0 atom stereocenters. The van der Waals surface area contributed by atoms with E-state index >= 15 is 0 Å². The van der Waals surface area contributed by atoms with E-state index in [9.17, 15) is 9.59 Å². The van der Waals surface area contributed by atoms with Crippen molar-refractivity contribution in [2.45, 2.75) is 6.92 Å². The third-order valence-corrected chi connectivity index (χ3v) is 3.66. The molecule has 7 nitrogen and oxygen atoms in total. The number of hydrogen-bond acceptors (Lipinski definition) is 4. The highest BCUT2D eigenvalue weighted by atomic mass is 16.5. The van der Waals surface area contributed by atoms with E-state index in [0.717, 1.165) is 0 Å². The van der Waals surface area contributed by atoms with Crippen LogP contribution in [0.15, 0.2) is 18.2 Å². The number of methoxy groups -OCH3 is 2. The molecule has 22 heavy (non-hydrogen) atoms. The molecule has 2 rings (SSSR count). The van der Waals surface area contributed by atoms with Crippen LogP contribution in [-0.4, -0.2) is 62.1 Å². The van der Waals surface area contributed by atoms with Crippen LogP contribution >= 0.6 is 0 Å². The van der Waals surface area contributed by atoms with Crippen molar-refractivity contribution in [1.82, 2.24) is 9.80 Å². The molecule has 1 fully saturated rings. The van der Waals surface area contributed by atoms with Gasteiger partial charge in [-0.15, -0.1) is 0 Å². The summed E-state index contributed by atoms with van der Waals surface area (Å²) in [6.45, 7) is 3.69. The summed E-state index contributed by atoms with van der Waals surface area (Å²) < 4.78 is 10.4. The summed E-state index contributed by atoms with van der Waals surface area (Å²) in [4.78, 5) is 27.0. The molecule has 0 saturated carbocycles. The number of nitrogens with one attached hydrogen (secondary N) is 1. The number of rotatable bonds is 3. The van der Waals surface area contributed by atoms with Crippen LogP contribution in [0, 0.1) is 0 Å². The number of amides is 3. The third-order valence-electron chi connectivity index (χ3n) is 3.66. The Morgan fingerprint density at radius 1 is 1.05 bits per heavy atom. The number of benzene rings is 1. The summed E-state index contributed by atoms with van der Waals surface area (Å²) in [6, 6.07) is 5.00. The smallest absolute Gasteiger partial charge is 0.322 e. The van der Waals surface area contributed by atoms with Gasteiger partial charge in [0.2, 0.25) is 5.91 Å². The minimum absolute atomic E-state index is 0.0388. The summed E-state index contributed by atoms with van der Waals surface area (Å²) >= 11 is 0. The van der Waals surface area contributed by atoms with Gasteiger partial charge in [0.25, 0.3) is 0 Å². The summed E-state index contributed by atoms with van der Waals surface area (Å²) in [7, 11) is 3.11. The first kappa shape index (κ1) is 15.9. The predicted molar refractivity (Wildman–Crippen MR) is 82.4 cm³/mol. The lowest BCUT2D eigenvalue weighted by molar-refractivity contribution is -0.130. The summed E-state index contributed by atoms with van der Waals surface area (Å²) in [5, 5.41) is 2.83. The third kappa shape index (κ3) is 3.60. The molecule has 1 heterocycles. The van der Waals surface area contributed by atoms with Crippen molar-refractivity contribution in [2.75, 3.05) is 45.7 Å². The average Bonchev–Trinajstić information content (AvgIpc) is 2.55. The molecule has 1 saturated heterocycles. The van der Waals surface area contributed by atoms with Crippen LogP contribution in [0.4, 0.5) is 10.5 Å². The number of carbonyl (C=O) groups is 2. The van der Waals surface area contributed by atoms with Crippen LogP contribution in [0.25, 0.3) is 0 Å². The highest BCUT2D eigenvalue weighted by molar-refractivity contribution is 5.91. The monoisotopic (exact) mass is 307 g/mol. The number of ether oxygens (including phenoxy) is 2. The Morgan fingerprint density at radius 3 is 2.23 bits per heavy atom. The first-order chi connectivity index (χ1) is 10.5. The second-order valence-corrected chi connectivity index (χ2v) is 4.99. The van der Waals surface area contributed by atoms with E-state index in [1.165, 1.54) is 14.0 Å². The Kier molecular flexibility index (Phi) is 5.08. The summed E-state index contributed by atoms with van der Waals surface area (Å²) in [6.07, 6.45) is 0. The summed E-state index contributed by atoms with van der Waals surface area (Å²) in [5.74, 6) is 1.23. The van der Waals surface area contributed by atoms with Crippen LogP contribution in [0.3, 0.4) is 0 Å². The molecule has 7 heteroatoms. The second-order valence-electron chi connectivity index (χ2n) is 4.99. The van der Waals surface area contributed by atoms with Gasteiger partial charge in [0.15, 0.2) is 0 Å². The Labute approximate surface area is 129 Å². The Hall–Kier alpha value is -2.44. The SMILES string of the molecule is COc1ccc(NC(=O)N2CCN(C(C)=O)CC2)c(OC)c1. The molecule has 1 aliphatic heterocycles. The van der Waals surface area contributed by atoms with Gasteiger partial charge < -0.3 is 24.6 Å². The molecular formula is C15H21N3O4. The molecule has 1 aliphatic rings. The quantitative estimate of drug-likeness (QED) is 0.916. The van der Waals surface area contributed by atoms with E-state index in [2.05, 4.69) is 5.32 Å². The number of urea groups is 1. The zero-order valence-corrected chi connectivity index (χ0v) is 13.1. The van der Waals surface area contributed by atoms with Crippen molar-refractivity contribution < 1.29 is 19.1 Å². The Bertz CT molecular complexity index is 554. The van der Waals surface area contributed by atoms with Crippen LogP contribution in [0.2, 0.25) is 0 Å². The molecule has 0 bridgehead atoms. The standard InChI is InChI=1S/C15H21N3O4/c1-11(19)17-6-8-18(9-7-17)15(20)16-13-5-4-12(21-2)10-14(13)22-3/h4-5,10H,6-9H2,1-3H3,(H,16,20). The Balaban J connectivity index is 1.99. The lowest BCUT2D eigenvalue weighted by Crippen LogP contribution is -2.51. The van der Waals surface area contributed by atoms with Gasteiger partial charge in [-0.25, -0.2) is 4.79 Å². The van der Waals surface area contributed by atoms with E-state index in [-0.39, 0.29) is 11.9 Å². The molecule has 1 aromatic carbocycles. The lowest BCUT2D eigenvalue weighted by Gasteiger charge is -2.34. The topological polar surface area (TPSA) is 71.1 Å². The maximum atomic E-state index is 12.3. The largest absolute Gasteiger partial charge is 0.497 e. The van der Waals surface area contributed by atoms with Crippen molar-refractivity contribution in [3.8, 4) is 11.5 Å². The van der Waals surface area contributed by atoms with Gasteiger partial charge in [-0.2, -0.15) is 0 Å². The fourth-order valence-electron chi connectivity index (χ4n) is 2.32. The van der Waals surface area contributed by atoms with Gasteiger partial charge in [-0.1, -0.05) is 0 Å². The molecule has 1 aromatic rings. The predicted octanol–water partition coefficient (Wildman–Crippen LogP) is 1.40. The van der Waals surface area contributed by atoms with Crippen molar-refractivity contribution >= 4 is 17.6 Å². The van der Waals surface area contributed by atoms with Crippen molar-refractivity contribution in [3.05, 3.63) is 18.2 Å². The van der Waals surface area contributed by atoms with Gasteiger partial charge in [0.05, 0.1) is 19.9 Å². The number of carbonyl (C=O) groups excluding carboxylic acids is 2. The minimum Gasteiger partial charge on any atom is -0.497 e. The highest BCUT2D eigenvalue weighted by Crippen LogP contribution is 2.29. The molecular weight excluding hydrogens is 286 g/mol. The highest BCUT2D eigenvalue weighted by Gasteiger charge is 2.23. The van der Waals surface area contributed by atoms with Crippen LogP contribution < -0.4 is 14.8 Å². The maximum absolute atomic E-state index is 12.3. The van der Waals surface area contributed by atoms with Gasteiger partial charge in [0, 0.05) is 39.2 Å². The molecule has 0 aliphatic carbocycles. The maximum Gasteiger partial charge on any atom is 0.322 e. The normalized spacial score (nSPS) is 14.5. The molecule has 3 amide bonds. The van der Waals surface area contributed by atoms with Gasteiger partial charge >= 0.3 is 6.03 Å². The summed E-state index contributed by atoms with van der Waals surface area (Å²) in [5.41, 5.74) is 0.585. The number of piperazine rings is 1. The zero-order chi connectivity index (χ0) is 16.1. The van der Waals surface area contributed by atoms with Crippen LogP contribution in [0.1, 0.15) is 6.92 Å². The van der Waals surface area contributed by atoms with E-state index in [1.54, 1.807) is 35.1 Å². The number of nitrogens with zero attached hydrogens (tertiary/aromatic N) is 2. The fourth-order valence-corrected chi connectivity index (χ4v) is 2.32. The van der Waals surface area contributed by atoms with E-state index in [4.69, 9.17) is 9.47 Å². The number of anilines is 1. The van der Waals surface area contributed by atoms with Crippen molar-refractivity contribution in [3.63, 3.8) is 0 Å². The first-order valence-electron chi connectivity index (χ1n) is 7.08. The average molecular weight is 307 g/mol. The second kappa shape index (κ2) is 7.02. The molecule has 1 N–H and O–H groups in total. The van der Waals surface area contributed by atoms with Gasteiger partial charge in [-0.3, -0.25) is 4.79 Å². The molecule has 0 radical (unpaired) electrons. The van der Waals surface area contributed by atoms with E-state index in [1.807, 2.05) is 0 Å². The van der Waals surface area contributed by atoms with Gasteiger partial charge in [-0.05, 0) is 12.1 Å². The zero-order valence-electron chi connectivity index (χ0n) is 13.1. The van der Waals surface area contributed by atoms with Crippen LogP contribution in [-0.2, 0) is 4.79 Å². The Morgan fingerprint density at radius 2 is 1.68 bits per heavy atom.